The zero-order valence-corrected chi connectivity index (χ0v) is 16.7. The lowest BCUT2D eigenvalue weighted by molar-refractivity contribution is -0.0498. The van der Waals surface area contributed by atoms with Gasteiger partial charge in [-0.3, -0.25) is 9.89 Å². The molecule has 2 heterocycles. The van der Waals surface area contributed by atoms with Crippen LogP contribution in [0.2, 0.25) is 0 Å². The number of alkyl halides is 2. The minimum atomic E-state index is -2.82. The molecular weight excluding hydrogens is 382 g/mol. The number of ether oxygens (including phenoxy) is 1. The van der Waals surface area contributed by atoms with Crippen LogP contribution in [0.15, 0.2) is 46.8 Å². The van der Waals surface area contributed by atoms with Crippen LogP contribution in [0.3, 0.4) is 0 Å². The van der Waals surface area contributed by atoms with Crippen molar-refractivity contribution in [3.63, 3.8) is 0 Å². The highest BCUT2D eigenvalue weighted by Crippen LogP contribution is 2.27. The second-order valence-electron chi connectivity index (χ2n) is 6.61. The Balaban J connectivity index is 1.55. The van der Waals surface area contributed by atoms with Crippen LogP contribution in [0.5, 0.6) is 5.75 Å². The summed E-state index contributed by atoms with van der Waals surface area (Å²) in [6.45, 7) is 0.639. The van der Waals surface area contributed by atoms with E-state index in [0.29, 0.717) is 18.5 Å². The Bertz CT molecular complexity index is 748. The molecule has 0 aliphatic carbocycles. The van der Waals surface area contributed by atoms with Crippen molar-refractivity contribution >= 4 is 17.3 Å². The van der Waals surface area contributed by atoms with E-state index in [4.69, 9.17) is 0 Å². The number of guanidine groups is 1. The summed E-state index contributed by atoms with van der Waals surface area (Å²) >= 11 is 1.78. The second kappa shape index (κ2) is 10.4. The van der Waals surface area contributed by atoms with E-state index in [9.17, 15) is 8.78 Å². The van der Waals surface area contributed by atoms with Crippen molar-refractivity contribution in [1.82, 2.24) is 15.5 Å². The van der Waals surface area contributed by atoms with Gasteiger partial charge in [0.25, 0.3) is 0 Å². The molecule has 0 bridgehead atoms. The summed E-state index contributed by atoms with van der Waals surface area (Å²) in [5.41, 5.74) is 0.843. The fraction of sp³-hybridized carbons (Fsp3) is 0.450. The Hall–Kier alpha value is -2.19. The van der Waals surface area contributed by atoms with Gasteiger partial charge in [0.1, 0.15) is 5.75 Å². The number of halogens is 2. The maximum atomic E-state index is 12.4. The van der Waals surface area contributed by atoms with Gasteiger partial charge >= 0.3 is 6.61 Å². The van der Waals surface area contributed by atoms with Crippen LogP contribution in [0, 0.1) is 0 Å². The van der Waals surface area contributed by atoms with E-state index >= 15 is 0 Å². The molecule has 2 aromatic rings. The molecule has 2 N–H and O–H groups in total. The van der Waals surface area contributed by atoms with Crippen LogP contribution in [0.1, 0.15) is 29.3 Å². The van der Waals surface area contributed by atoms with E-state index in [1.54, 1.807) is 30.5 Å². The van der Waals surface area contributed by atoms with Gasteiger partial charge < -0.3 is 15.4 Å². The van der Waals surface area contributed by atoms with Crippen molar-refractivity contribution in [2.24, 2.45) is 4.99 Å². The first-order chi connectivity index (χ1) is 13.7. The Morgan fingerprint density at radius 1 is 1.21 bits per heavy atom. The summed E-state index contributed by atoms with van der Waals surface area (Å²) in [6.07, 6.45) is 2.48. The molecule has 1 aliphatic heterocycles. The highest BCUT2D eigenvalue weighted by molar-refractivity contribution is 7.10. The fourth-order valence-electron chi connectivity index (χ4n) is 3.38. The van der Waals surface area contributed by atoms with Gasteiger partial charge in [-0.15, -0.1) is 11.3 Å². The van der Waals surface area contributed by atoms with E-state index in [-0.39, 0.29) is 5.75 Å². The lowest BCUT2D eigenvalue weighted by atomic mass is 10.2. The molecule has 0 radical (unpaired) electrons. The minimum Gasteiger partial charge on any atom is -0.435 e. The van der Waals surface area contributed by atoms with Gasteiger partial charge in [0.2, 0.25) is 0 Å². The Morgan fingerprint density at radius 2 is 2.04 bits per heavy atom. The molecule has 28 heavy (non-hydrogen) atoms. The SMILES string of the molecule is CN=C(NCc1cccc(OC(F)F)c1)NCC(c1cccs1)N1CCCC1. The molecule has 1 saturated heterocycles. The van der Waals surface area contributed by atoms with E-state index < -0.39 is 6.61 Å². The van der Waals surface area contributed by atoms with Crippen molar-refractivity contribution < 1.29 is 13.5 Å². The van der Waals surface area contributed by atoms with E-state index in [1.165, 1.54) is 23.8 Å². The van der Waals surface area contributed by atoms with Gasteiger partial charge in [0.05, 0.1) is 6.04 Å². The van der Waals surface area contributed by atoms with Crippen LogP contribution in [0.4, 0.5) is 8.78 Å². The summed E-state index contributed by atoms with van der Waals surface area (Å²) in [5, 5.41) is 8.75. The number of thiophene rings is 1. The van der Waals surface area contributed by atoms with Crippen LogP contribution in [-0.4, -0.2) is 44.2 Å². The molecule has 0 saturated carbocycles. The predicted molar refractivity (Wildman–Crippen MR) is 109 cm³/mol. The molecule has 0 amide bonds. The third-order valence-electron chi connectivity index (χ3n) is 4.72. The summed E-state index contributed by atoms with van der Waals surface area (Å²) in [4.78, 5) is 8.14. The molecule has 5 nitrogen and oxygen atoms in total. The first-order valence-electron chi connectivity index (χ1n) is 9.41. The van der Waals surface area contributed by atoms with Crippen LogP contribution in [-0.2, 0) is 6.54 Å². The Kier molecular flexibility index (Phi) is 7.62. The average Bonchev–Trinajstić information content (AvgIpc) is 3.39. The molecule has 1 aliphatic rings. The smallest absolute Gasteiger partial charge is 0.387 e. The van der Waals surface area contributed by atoms with Crippen LogP contribution >= 0.6 is 11.3 Å². The number of aliphatic imine (C=N–C) groups is 1. The van der Waals surface area contributed by atoms with Gasteiger partial charge in [-0.2, -0.15) is 8.78 Å². The molecule has 1 unspecified atom stereocenters. The lowest BCUT2D eigenvalue weighted by Gasteiger charge is -2.27. The highest BCUT2D eigenvalue weighted by Gasteiger charge is 2.24. The number of hydrogen-bond donors (Lipinski definition) is 2. The topological polar surface area (TPSA) is 48.9 Å². The molecule has 3 rings (SSSR count). The number of rotatable bonds is 8. The number of likely N-dealkylation sites (tertiary alicyclic amines) is 1. The molecular formula is C20H26F2N4OS. The third-order valence-corrected chi connectivity index (χ3v) is 5.70. The van der Waals surface area contributed by atoms with Gasteiger partial charge in [-0.05, 0) is 55.1 Å². The lowest BCUT2D eigenvalue weighted by Crippen LogP contribution is -2.42. The molecule has 8 heteroatoms. The zero-order chi connectivity index (χ0) is 19.8. The quantitative estimate of drug-likeness (QED) is 0.515. The van der Waals surface area contributed by atoms with E-state index in [2.05, 4.69) is 42.8 Å². The Labute approximate surface area is 168 Å². The molecule has 1 aromatic heterocycles. The first-order valence-corrected chi connectivity index (χ1v) is 10.3. The van der Waals surface area contributed by atoms with Gasteiger partial charge in [-0.25, -0.2) is 0 Å². The average molecular weight is 409 g/mol. The van der Waals surface area contributed by atoms with E-state index in [1.807, 2.05) is 6.07 Å². The van der Waals surface area contributed by atoms with Crippen molar-refractivity contribution in [2.75, 3.05) is 26.7 Å². The van der Waals surface area contributed by atoms with Gasteiger partial charge in [0.15, 0.2) is 5.96 Å². The van der Waals surface area contributed by atoms with Crippen molar-refractivity contribution in [2.45, 2.75) is 32.0 Å². The predicted octanol–water partition coefficient (Wildman–Crippen LogP) is 3.85. The largest absolute Gasteiger partial charge is 0.435 e. The summed E-state index contributed by atoms with van der Waals surface area (Å²) < 4.78 is 29.2. The number of benzene rings is 1. The third kappa shape index (κ3) is 5.90. The first kappa shape index (κ1) is 20.5. The second-order valence-corrected chi connectivity index (χ2v) is 7.59. The minimum absolute atomic E-state index is 0.157. The van der Waals surface area contributed by atoms with E-state index in [0.717, 1.165) is 25.2 Å². The zero-order valence-electron chi connectivity index (χ0n) is 15.9. The molecule has 1 fully saturated rings. The van der Waals surface area contributed by atoms with Crippen molar-refractivity contribution in [3.05, 3.63) is 52.2 Å². The Morgan fingerprint density at radius 3 is 2.71 bits per heavy atom. The van der Waals surface area contributed by atoms with Crippen molar-refractivity contribution in [3.8, 4) is 5.75 Å². The maximum Gasteiger partial charge on any atom is 0.387 e. The molecule has 152 valence electrons. The summed E-state index contributed by atoms with van der Waals surface area (Å²) in [6, 6.07) is 11.3. The molecule has 1 atom stereocenters. The normalized spacial score (nSPS) is 16.4. The number of nitrogens with zero attached hydrogens (tertiary/aromatic N) is 2. The van der Waals surface area contributed by atoms with Gasteiger partial charge in [-0.1, -0.05) is 18.2 Å². The van der Waals surface area contributed by atoms with Crippen LogP contribution in [0.25, 0.3) is 0 Å². The van der Waals surface area contributed by atoms with Crippen LogP contribution < -0.4 is 15.4 Å². The number of nitrogens with one attached hydrogen (secondary N) is 2. The summed E-state index contributed by atoms with van der Waals surface area (Å²) in [7, 11) is 1.72. The standard InChI is InChI=1S/C20H26F2N4OS/c1-23-20(24-13-15-6-4-7-16(12-15)27-19(21)22)25-14-17(18-8-5-11-28-18)26-9-2-3-10-26/h4-8,11-12,17,19H,2-3,9-10,13-14H2,1H3,(H2,23,24,25). The fourth-order valence-corrected chi connectivity index (χ4v) is 4.24. The molecule has 0 spiro atoms. The summed E-state index contributed by atoms with van der Waals surface area (Å²) in [5.74, 6) is 0.838. The maximum absolute atomic E-state index is 12.4. The molecule has 1 aromatic carbocycles. The monoisotopic (exact) mass is 408 g/mol. The highest BCUT2D eigenvalue weighted by atomic mass is 32.1. The number of hydrogen-bond acceptors (Lipinski definition) is 4. The van der Waals surface area contributed by atoms with Crippen molar-refractivity contribution in [1.29, 1.82) is 0 Å². The van der Waals surface area contributed by atoms with Gasteiger partial charge in [0, 0.05) is 25.0 Å².